The lowest BCUT2D eigenvalue weighted by atomic mass is 9.96. The smallest absolute Gasteiger partial charge is 0.0669 e. The van der Waals surface area contributed by atoms with Crippen LogP contribution in [0.2, 0.25) is 0 Å². The summed E-state index contributed by atoms with van der Waals surface area (Å²) in [5.41, 5.74) is 4.19. The Hall–Kier alpha value is -1.33. The zero-order valence-electron chi connectivity index (χ0n) is 12.7. The van der Waals surface area contributed by atoms with Crippen LogP contribution in [0.4, 0.5) is 0 Å². The number of nitrogens with zero attached hydrogens (tertiary/aromatic N) is 1. The monoisotopic (exact) mass is 258 g/mol. The second kappa shape index (κ2) is 7.96. The fourth-order valence-electron chi connectivity index (χ4n) is 2.10. The Labute approximate surface area is 117 Å². The van der Waals surface area contributed by atoms with Crippen LogP contribution in [0, 0.1) is 24.2 Å². The third-order valence-corrected chi connectivity index (χ3v) is 3.68. The average Bonchev–Trinajstić information content (AvgIpc) is 2.40. The molecule has 0 heterocycles. The fourth-order valence-corrected chi connectivity index (χ4v) is 2.10. The second-order valence-electron chi connectivity index (χ2n) is 5.53. The van der Waals surface area contributed by atoms with Crippen molar-refractivity contribution in [3.8, 4) is 6.07 Å². The van der Waals surface area contributed by atoms with E-state index in [-0.39, 0.29) is 5.92 Å². The first kappa shape index (κ1) is 15.7. The van der Waals surface area contributed by atoms with Crippen molar-refractivity contribution in [3.63, 3.8) is 0 Å². The molecule has 1 aromatic rings. The molecule has 0 aromatic heterocycles. The molecule has 0 aliphatic carbocycles. The highest BCUT2D eigenvalue weighted by atomic mass is 14.8. The highest BCUT2D eigenvalue weighted by Gasteiger charge is 2.05. The van der Waals surface area contributed by atoms with Gasteiger partial charge in [-0.2, -0.15) is 5.26 Å². The van der Waals surface area contributed by atoms with Gasteiger partial charge >= 0.3 is 0 Å². The maximum Gasteiger partial charge on any atom is 0.0669 e. The summed E-state index contributed by atoms with van der Waals surface area (Å²) in [7, 11) is 0. The summed E-state index contributed by atoms with van der Waals surface area (Å²) >= 11 is 0. The summed E-state index contributed by atoms with van der Waals surface area (Å²) in [6.45, 7) is 10.4. The molecule has 0 radical (unpaired) electrons. The van der Waals surface area contributed by atoms with Gasteiger partial charge in [0.05, 0.1) is 12.0 Å². The molecule has 2 nitrogen and oxygen atoms in total. The molecule has 19 heavy (non-hydrogen) atoms. The Kier molecular flexibility index (Phi) is 6.59. The van der Waals surface area contributed by atoms with E-state index >= 15 is 0 Å². The van der Waals surface area contributed by atoms with E-state index in [1.807, 2.05) is 0 Å². The first-order chi connectivity index (χ1) is 9.08. The van der Waals surface area contributed by atoms with Crippen molar-refractivity contribution < 1.29 is 0 Å². The first-order valence-corrected chi connectivity index (χ1v) is 7.28. The quantitative estimate of drug-likeness (QED) is 0.755. The van der Waals surface area contributed by atoms with E-state index < -0.39 is 0 Å². The molecule has 1 rings (SSSR count). The highest BCUT2D eigenvalue weighted by molar-refractivity contribution is 5.32. The molecule has 1 aromatic carbocycles. The predicted molar refractivity (Wildman–Crippen MR) is 81.2 cm³/mol. The minimum Gasteiger partial charge on any atom is -0.315 e. The standard InChI is InChI=1S/C17H26N2/c1-5-15(11-18)12-19-9-8-17-10-16(13(2)3)7-6-14(17)4/h6-7,10,13,15,19H,5,8-9,12H2,1-4H3. The van der Waals surface area contributed by atoms with Crippen molar-refractivity contribution in [1.29, 1.82) is 5.26 Å². The summed E-state index contributed by atoms with van der Waals surface area (Å²) in [5, 5.41) is 12.3. The summed E-state index contributed by atoms with van der Waals surface area (Å²) < 4.78 is 0. The van der Waals surface area contributed by atoms with Crippen molar-refractivity contribution in [3.05, 3.63) is 34.9 Å². The largest absolute Gasteiger partial charge is 0.315 e. The topological polar surface area (TPSA) is 35.8 Å². The number of nitriles is 1. The average molecular weight is 258 g/mol. The minimum absolute atomic E-state index is 0.142. The van der Waals surface area contributed by atoms with E-state index in [4.69, 9.17) is 5.26 Å². The van der Waals surface area contributed by atoms with Gasteiger partial charge in [0.15, 0.2) is 0 Å². The molecule has 2 heteroatoms. The molecule has 0 aliphatic rings. The SMILES string of the molecule is CCC(C#N)CNCCc1cc(C(C)C)ccc1C. The molecule has 104 valence electrons. The maximum absolute atomic E-state index is 8.89. The fraction of sp³-hybridized carbons (Fsp3) is 0.588. The normalized spacial score (nSPS) is 12.4. The molecular weight excluding hydrogens is 232 g/mol. The Morgan fingerprint density at radius 1 is 1.32 bits per heavy atom. The van der Waals surface area contributed by atoms with E-state index in [1.54, 1.807) is 0 Å². The van der Waals surface area contributed by atoms with E-state index in [0.29, 0.717) is 5.92 Å². The van der Waals surface area contributed by atoms with Crippen LogP contribution in [-0.2, 0) is 6.42 Å². The van der Waals surface area contributed by atoms with Gasteiger partial charge in [0.25, 0.3) is 0 Å². The van der Waals surface area contributed by atoms with Crippen LogP contribution in [0.3, 0.4) is 0 Å². The van der Waals surface area contributed by atoms with Crippen LogP contribution in [0.1, 0.15) is 49.8 Å². The zero-order valence-corrected chi connectivity index (χ0v) is 12.7. The molecular formula is C17H26N2. The van der Waals surface area contributed by atoms with Gasteiger partial charge in [-0.25, -0.2) is 0 Å². The van der Waals surface area contributed by atoms with E-state index in [2.05, 4.69) is 57.3 Å². The van der Waals surface area contributed by atoms with Crippen LogP contribution < -0.4 is 5.32 Å². The van der Waals surface area contributed by atoms with Crippen LogP contribution in [0.15, 0.2) is 18.2 Å². The van der Waals surface area contributed by atoms with E-state index in [9.17, 15) is 0 Å². The summed E-state index contributed by atoms with van der Waals surface area (Å²) in [6, 6.07) is 9.09. The van der Waals surface area contributed by atoms with Gasteiger partial charge in [-0.15, -0.1) is 0 Å². The Morgan fingerprint density at radius 3 is 2.63 bits per heavy atom. The number of benzene rings is 1. The predicted octanol–water partition coefficient (Wildman–Crippen LogP) is 3.80. The Balaban J connectivity index is 2.49. The van der Waals surface area contributed by atoms with Gasteiger partial charge in [0, 0.05) is 6.54 Å². The lowest BCUT2D eigenvalue weighted by Crippen LogP contribution is -2.24. The second-order valence-corrected chi connectivity index (χ2v) is 5.53. The van der Waals surface area contributed by atoms with Gasteiger partial charge in [0.1, 0.15) is 0 Å². The third-order valence-electron chi connectivity index (χ3n) is 3.68. The molecule has 1 N–H and O–H groups in total. The molecule has 0 aliphatic heterocycles. The highest BCUT2D eigenvalue weighted by Crippen LogP contribution is 2.18. The van der Waals surface area contributed by atoms with Crippen molar-refractivity contribution >= 4 is 0 Å². The Bertz CT molecular complexity index is 429. The van der Waals surface area contributed by atoms with Crippen molar-refractivity contribution in [2.24, 2.45) is 5.92 Å². The van der Waals surface area contributed by atoms with Gasteiger partial charge in [-0.3, -0.25) is 0 Å². The minimum atomic E-state index is 0.142. The number of hydrogen-bond acceptors (Lipinski definition) is 2. The van der Waals surface area contributed by atoms with Crippen LogP contribution in [0.25, 0.3) is 0 Å². The third kappa shape index (κ3) is 5.04. The van der Waals surface area contributed by atoms with Crippen molar-refractivity contribution in [2.45, 2.75) is 46.5 Å². The van der Waals surface area contributed by atoms with Crippen molar-refractivity contribution in [1.82, 2.24) is 5.32 Å². The summed E-state index contributed by atoms with van der Waals surface area (Å²) in [5.74, 6) is 0.721. The molecule has 0 fully saturated rings. The van der Waals surface area contributed by atoms with Crippen LogP contribution in [0.5, 0.6) is 0 Å². The molecule has 1 atom stereocenters. The molecule has 0 amide bonds. The zero-order chi connectivity index (χ0) is 14.3. The molecule has 0 saturated carbocycles. The van der Waals surface area contributed by atoms with Gasteiger partial charge in [-0.1, -0.05) is 39.0 Å². The van der Waals surface area contributed by atoms with Gasteiger partial charge in [0.2, 0.25) is 0 Å². The first-order valence-electron chi connectivity index (χ1n) is 7.28. The number of hydrogen-bond donors (Lipinski definition) is 1. The van der Waals surface area contributed by atoms with E-state index in [0.717, 1.165) is 25.9 Å². The van der Waals surface area contributed by atoms with Gasteiger partial charge < -0.3 is 5.32 Å². The molecule has 0 saturated heterocycles. The number of nitrogens with one attached hydrogen (secondary N) is 1. The number of rotatable bonds is 7. The summed E-state index contributed by atoms with van der Waals surface area (Å²) in [4.78, 5) is 0. The van der Waals surface area contributed by atoms with E-state index in [1.165, 1.54) is 16.7 Å². The lowest BCUT2D eigenvalue weighted by molar-refractivity contribution is 0.554. The number of aryl methyl sites for hydroxylation is 1. The van der Waals surface area contributed by atoms with Crippen LogP contribution >= 0.6 is 0 Å². The van der Waals surface area contributed by atoms with Crippen LogP contribution in [-0.4, -0.2) is 13.1 Å². The lowest BCUT2D eigenvalue weighted by Gasteiger charge is -2.12. The summed E-state index contributed by atoms with van der Waals surface area (Å²) in [6.07, 6.45) is 1.96. The van der Waals surface area contributed by atoms with Gasteiger partial charge in [-0.05, 0) is 48.9 Å². The Morgan fingerprint density at radius 2 is 2.05 bits per heavy atom. The molecule has 0 bridgehead atoms. The maximum atomic E-state index is 8.89. The molecule has 1 unspecified atom stereocenters. The molecule has 0 spiro atoms. The van der Waals surface area contributed by atoms with Crippen molar-refractivity contribution in [2.75, 3.05) is 13.1 Å².